The summed E-state index contributed by atoms with van der Waals surface area (Å²) in [4.78, 5) is 11.3. The Hall–Kier alpha value is -2.55. The number of rotatable bonds is 5. The van der Waals surface area contributed by atoms with Crippen molar-refractivity contribution < 1.29 is 13.9 Å². The molecule has 0 aliphatic heterocycles. The third-order valence-corrected chi connectivity index (χ3v) is 2.41. The van der Waals surface area contributed by atoms with Crippen molar-refractivity contribution in [2.75, 3.05) is 6.61 Å². The lowest BCUT2D eigenvalue weighted by Crippen LogP contribution is -1.99. The van der Waals surface area contributed by atoms with E-state index in [0.29, 0.717) is 5.76 Å². The van der Waals surface area contributed by atoms with E-state index in [1.165, 1.54) is 12.2 Å². The van der Waals surface area contributed by atoms with Gasteiger partial charge in [-0.2, -0.15) is 0 Å². The molecule has 2 rings (SSSR count). The Bertz CT molecular complexity index is 579. The highest BCUT2D eigenvalue weighted by Gasteiger charge is 2.02. The van der Waals surface area contributed by atoms with Crippen LogP contribution in [0.25, 0.3) is 17.4 Å². The van der Waals surface area contributed by atoms with Gasteiger partial charge in [0.2, 0.25) is 0 Å². The predicted molar refractivity (Wildman–Crippen MR) is 74.3 cm³/mol. The Kier molecular flexibility index (Phi) is 4.34. The van der Waals surface area contributed by atoms with E-state index < -0.39 is 5.97 Å². The van der Waals surface area contributed by atoms with Gasteiger partial charge in [-0.3, -0.25) is 0 Å². The molecule has 0 amide bonds. The molecule has 96 valence electrons. The molecule has 0 saturated carbocycles. The van der Waals surface area contributed by atoms with E-state index >= 15 is 0 Å². The first-order valence-electron chi connectivity index (χ1n) is 5.90. The first-order chi connectivity index (χ1) is 9.29. The molecule has 0 N–H and O–H groups in total. The smallest absolute Gasteiger partial charge is 0.331 e. The van der Waals surface area contributed by atoms with E-state index in [-0.39, 0.29) is 6.61 Å². The van der Waals surface area contributed by atoms with Crippen LogP contribution < -0.4 is 0 Å². The molecule has 19 heavy (non-hydrogen) atoms. The number of carbonyl (C=O) groups is 1. The summed E-state index contributed by atoms with van der Waals surface area (Å²) in [7, 11) is 0. The second-order valence-corrected chi connectivity index (χ2v) is 3.82. The third kappa shape index (κ3) is 3.71. The van der Waals surface area contributed by atoms with Gasteiger partial charge in [0.05, 0.1) is 0 Å². The highest BCUT2D eigenvalue weighted by atomic mass is 16.5. The Morgan fingerprint density at radius 2 is 2.00 bits per heavy atom. The molecule has 0 fully saturated rings. The Morgan fingerprint density at radius 1 is 1.21 bits per heavy atom. The second-order valence-electron chi connectivity index (χ2n) is 3.82. The predicted octanol–water partition coefficient (Wildman–Crippen LogP) is 3.69. The van der Waals surface area contributed by atoms with Crippen molar-refractivity contribution in [3.05, 3.63) is 67.0 Å². The third-order valence-electron chi connectivity index (χ3n) is 2.41. The van der Waals surface area contributed by atoms with E-state index in [0.717, 1.165) is 11.3 Å². The molecule has 0 saturated heterocycles. The molecule has 0 radical (unpaired) electrons. The van der Waals surface area contributed by atoms with Crippen LogP contribution in [0.5, 0.6) is 0 Å². The van der Waals surface area contributed by atoms with Gasteiger partial charge in [0, 0.05) is 11.6 Å². The van der Waals surface area contributed by atoms with E-state index in [4.69, 9.17) is 9.15 Å². The quantitative estimate of drug-likeness (QED) is 0.464. The molecule has 0 bridgehead atoms. The molecule has 2 aromatic rings. The molecule has 1 heterocycles. The summed E-state index contributed by atoms with van der Waals surface area (Å²) < 4.78 is 10.4. The zero-order chi connectivity index (χ0) is 13.5. The SMILES string of the molecule is C=CCOC(=O)/C=C/c1ccc(-c2ccccc2)o1. The molecule has 0 atom stereocenters. The number of carbonyl (C=O) groups excluding carboxylic acids is 1. The monoisotopic (exact) mass is 254 g/mol. The summed E-state index contributed by atoms with van der Waals surface area (Å²) in [5, 5.41) is 0. The van der Waals surface area contributed by atoms with Gasteiger partial charge < -0.3 is 9.15 Å². The van der Waals surface area contributed by atoms with Gasteiger partial charge in [-0.05, 0) is 18.2 Å². The molecule has 0 aliphatic rings. The van der Waals surface area contributed by atoms with Crippen LogP contribution in [0.4, 0.5) is 0 Å². The van der Waals surface area contributed by atoms with Gasteiger partial charge in [-0.25, -0.2) is 4.79 Å². The maximum absolute atomic E-state index is 11.3. The van der Waals surface area contributed by atoms with Crippen LogP contribution in [0.1, 0.15) is 5.76 Å². The largest absolute Gasteiger partial charge is 0.458 e. The van der Waals surface area contributed by atoms with Crippen LogP contribution in [-0.4, -0.2) is 12.6 Å². The standard InChI is InChI=1S/C16H14O3/c1-2-12-18-16(17)11-9-14-8-10-15(19-14)13-6-4-3-5-7-13/h2-11H,1,12H2/b11-9+. The van der Waals surface area contributed by atoms with Gasteiger partial charge in [0.15, 0.2) is 0 Å². The number of benzene rings is 1. The van der Waals surface area contributed by atoms with Crippen LogP contribution >= 0.6 is 0 Å². The van der Waals surface area contributed by atoms with Gasteiger partial charge in [-0.15, -0.1) is 0 Å². The first kappa shape index (κ1) is 12.9. The molecule has 0 aliphatic carbocycles. The summed E-state index contributed by atoms with van der Waals surface area (Å²) in [5.41, 5.74) is 0.997. The van der Waals surface area contributed by atoms with E-state index in [1.54, 1.807) is 12.1 Å². The van der Waals surface area contributed by atoms with Crippen molar-refractivity contribution in [1.29, 1.82) is 0 Å². The number of furan rings is 1. The highest BCUT2D eigenvalue weighted by Crippen LogP contribution is 2.22. The van der Waals surface area contributed by atoms with E-state index in [9.17, 15) is 4.79 Å². The van der Waals surface area contributed by atoms with Gasteiger partial charge >= 0.3 is 5.97 Å². The summed E-state index contributed by atoms with van der Waals surface area (Å²) in [6, 6.07) is 13.4. The lowest BCUT2D eigenvalue weighted by molar-refractivity contribution is -0.136. The van der Waals surface area contributed by atoms with Crippen LogP contribution in [0.2, 0.25) is 0 Å². The lowest BCUT2D eigenvalue weighted by atomic mass is 10.2. The summed E-state index contributed by atoms with van der Waals surface area (Å²) >= 11 is 0. The molecule has 0 spiro atoms. The van der Waals surface area contributed by atoms with Crippen molar-refractivity contribution in [3.8, 4) is 11.3 Å². The molecular weight excluding hydrogens is 240 g/mol. The number of hydrogen-bond donors (Lipinski definition) is 0. The lowest BCUT2D eigenvalue weighted by Gasteiger charge is -1.95. The maximum atomic E-state index is 11.3. The Labute approximate surface area is 111 Å². The van der Waals surface area contributed by atoms with Crippen LogP contribution in [0.3, 0.4) is 0 Å². The maximum Gasteiger partial charge on any atom is 0.331 e. The number of ether oxygens (including phenoxy) is 1. The minimum Gasteiger partial charge on any atom is -0.458 e. The fraction of sp³-hybridized carbons (Fsp3) is 0.0625. The topological polar surface area (TPSA) is 39.4 Å². The highest BCUT2D eigenvalue weighted by molar-refractivity contribution is 5.86. The average molecular weight is 254 g/mol. The van der Waals surface area contributed by atoms with Gasteiger partial charge in [-0.1, -0.05) is 43.0 Å². The number of esters is 1. The average Bonchev–Trinajstić information content (AvgIpc) is 2.93. The zero-order valence-electron chi connectivity index (χ0n) is 10.4. The van der Waals surface area contributed by atoms with Crippen molar-refractivity contribution in [1.82, 2.24) is 0 Å². The summed E-state index contributed by atoms with van der Waals surface area (Å²) in [5.74, 6) is 0.951. The fourth-order valence-electron chi connectivity index (χ4n) is 1.54. The van der Waals surface area contributed by atoms with E-state index in [2.05, 4.69) is 6.58 Å². The normalized spacial score (nSPS) is 10.5. The molecule has 3 nitrogen and oxygen atoms in total. The molecule has 3 heteroatoms. The van der Waals surface area contributed by atoms with Crippen LogP contribution in [0, 0.1) is 0 Å². The van der Waals surface area contributed by atoms with E-state index in [1.807, 2.05) is 36.4 Å². The van der Waals surface area contributed by atoms with Crippen molar-refractivity contribution >= 4 is 12.0 Å². The number of hydrogen-bond acceptors (Lipinski definition) is 3. The summed E-state index contributed by atoms with van der Waals surface area (Å²) in [6.07, 6.45) is 4.43. The van der Waals surface area contributed by atoms with Crippen molar-refractivity contribution in [2.24, 2.45) is 0 Å². The zero-order valence-corrected chi connectivity index (χ0v) is 10.4. The van der Waals surface area contributed by atoms with Crippen LogP contribution in [-0.2, 0) is 9.53 Å². The second kappa shape index (κ2) is 6.40. The Morgan fingerprint density at radius 3 is 2.74 bits per heavy atom. The van der Waals surface area contributed by atoms with Gasteiger partial charge in [0.1, 0.15) is 18.1 Å². The fourth-order valence-corrected chi connectivity index (χ4v) is 1.54. The first-order valence-corrected chi connectivity index (χ1v) is 5.90. The van der Waals surface area contributed by atoms with Crippen molar-refractivity contribution in [2.45, 2.75) is 0 Å². The van der Waals surface area contributed by atoms with Gasteiger partial charge in [0.25, 0.3) is 0 Å². The molecule has 1 aromatic carbocycles. The molecular formula is C16H14O3. The van der Waals surface area contributed by atoms with Crippen molar-refractivity contribution in [3.63, 3.8) is 0 Å². The summed E-state index contributed by atoms with van der Waals surface area (Å²) in [6.45, 7) is 3.67. The molecule has 0 unspecified atom stereocenters. The minimum absolute atomic E-state index is 0.205. The minimum atomic E-state index is -0.419. The Balaban J connectivity index is 2.04. The van der Waals surface area contributed by atoms with Crippen LogP contribution in [0.15, 0.2) is 65.6 Å². The molecule has 1 aromatic heterocycles.